The van der Waals surface area contributed by atoms with Gasteiger partial charge in [0.2, 0.25) is 0 Å². The van der Waals surface area contributed by atoms with Crippen LogP contribution in [0.2, 0.25) is 0 Å². The number of carbonyl (C=O) groups is 2. The molecule has 194 valence electrons. The molecule has 4 rings (SSSR count). The second-order valence-electron chi connectivity index (χ2n) is 8.37. The van der Waals surface area contributed by atoms with Crippen molar-refractivity contribution in [2.75, 3.05) is 20.3 Å². The van der Waals surface area contributed by atoms with E-state index in [4.69, 9.17) is 13.9 Å². The van der Waals surface area contributed by atoms with Gasteiger partial charge in [0.05, 0.1) is 18.8 Å². The monoisotopic (exact) mass is 514 g/mol. The fourth-order valence-electron chi connectivity index (χ4n) is 3.78. The first-order valence-corrected chi connectivity index (χ1v) is 11.6. The zero-order valence-corrected chi connectivity index (χ0v) is 19.9. The first-order valence-electron chi connectivity index (χ1n) is 11.6. The summed E-state index contributed by atoms with van der Waals surface area (Å²) in [7, 11) is 1.51. The second-order valence-corrected chi connectivity index (χ2v) is 8.37. The Balaban J connectivity index is 1.57. The summed E-state index contributed by atoms with van der Waals surface area (Å²) in [6.45, 7) is 0.893. The zero-order chi connectivity index (χ0) is 26.4. The Morgan fingerprint density at radius 2 is 1.89 bits per heavy atom. The molecule has 0 radical (unpaired) electrons. The Bertz CT molecular complexity index is 1280. The molecule has 10 heteroatoms. The van der Waals surface area contributed by atoms with Crippen LogP contribution in [0.15, 0.2) is 70.8 Å². The molecule has 2 aromatic carbocycles. The number of halogens is 3. The molecular formula is C27H25F3N2O5. The average molecular weight is 515 g/mol. The van der Waals surface area contributed by atoms with E-state index in [0.717, 1.165) is 25.0 Å². The molecule has 37 heavy (non-hydrogen) atoms. The van der Waals surface area contributed by atoms with Crippen LogP contribution in [-0.2, 0) is 15.7 Å². The number of nitrogens with one attached hydrogen (secondary N) is 2. The predicted octanol–water partition coefficient (Wildman–Crippen LogP) is 5.04. The number of furan rings is 1. The molecule has 1 aromatic heterocycles. The molecular weight excluding hydrogens is 489 g/mol. The summed E-state index contributed by atoms with van der Waals surface area (Å²) in [5.74, 6) is -0.179. The first-order chi connectivity index (χ1) is 17.7. The molecule has 2 amide bonds. The minimum absolute atomic E-state index is 0.0937. The van der Waals surface area contributed by atoms with E-state index in [1.165, 1.54) is 37.5 Å². The van der Waals surface area contributed by atoms with Gasteiger partial charge in [-0.15, -0.1) is 0 Å². The molecule has 2 N–H and O–H groups in total. The number of methoxy groups -OCH3 is 1. The minimum Gasteiger partial charge on any atom is -0.497 e. The lowest BCUT2D eigenvalue weighted by Gasteiger charge is -2.13. The summed E-state index contributed by atoms with van der Waals surface area (Å²) in [5.41, 5.74) is -0.382. The Morgan fingerprint density at radius 1 is 1.11 bits per heavy atom. The standard InChI is InChI=1S/C27H25F3N2O5/c1-35-20-9-7-17(8-10-20)25(33)32-23(26(34)31-16-22-6-3-13-36-22)15-21-11-12-24(37-21)18-4-2-5-19(14-18)27(28,29)30/h2,4-5,7-12,14-15,22H,3,6,13,16H2,1H3,(H,31,34)(H,32,33). The van der Waals surface area contributed by atoms with Crippen LogP contribution in [0.4, 0.5) is 13.2 Å². The molecule has 1 saturated heterocycles. The highest BCUT2D eigenvalue weighted by molar-refractivity contribution is 6.05. The maximum absolute atomic E-state index is 13.1. The van der Waals surface area contributed by atoms with Crippen molar-refractivity contribution in [3.8, 4) is 17.1 Å². The molecule has 3 aromatic rings. The van der Waals surface area contributed by atoms with Crippen LogP contribution in [0.3, 0.4) is 0 Å². The van der Waals surface area contributed by atoms with Gasteiger partial charge in [-0.05, 0) is 61.4 Å². The third-order valence-electron chi connectivity index (χ3n) is 5.75. The maximum atomic E-state index is 13.1. The van der Waals surface area contributed by atoms with Gasteiger partial charge in [0, 0.05) is 30.4 Å². The molecule has 2 heterocycles. The molecule has 7 nitrogen and oxygen atoms in total. The van der Waals surface area contributed by atoms with E-state index in [1.807, 2.05) is 0 Å². The maximum Gasteiger partial charge on any atom is 0.416 e. The molecule has 0 aliphatic carbocycles. The van der Waals surface area contributed by atoms with Gasteiger partial charge in [-0.25, -0.2) is 0 Å². The van der Waals surface area contributed by atoms with Crippen molar-refractivity contribution in [1.29, 1.82) is 0 Å². The van der Waals surface area contributed by atoms with E-state index in [0.29, 0.717) is 17.9 Å². The van der Waals surface area contributed by atoms with Crippen molar-refractivity contribution >= 4 is 17.9 Å². The van der Waals surface area contributed by atoms with Crippen LogP contribution < -0.4 is 15.4 Å². The van der Waals surface area contributed by atoms with E-state index in [1.54, 1.807) is 24.3 Å². The molecule has 1 aliphatic heterocycles. The van der Waals surface area contributed by atoms with Crippen molar-refractivity contribution in [1.82, 2.24) is 10.6 Å². The molecule has 0 spiro atoms. The number of hydrogen-bond donors (Lipinski definition) is 2. The number of rotatable bonds is 8. The molecule has 1 fully saturated rings. The lowest BCUT2D eigenvalue weighted by Crippen LogP contribution is -2.38. The number of ether oxygens (including phenoxy) is 2. The van der Waals surface area contributed by atoms with Gasteiger partial charge in [-0.2, -0.15) is 13.2 Å². The van der Waals surface area contributed by atoms with Gasteiger partial charge in [0.1, 0.15) is 23.0 Å². The highest BCUT2D eigenvalue weighted by Crippen LogP contribution is 2.33. The largest absolute Gasteiger partial charge is 0.497 e. The van der Waals surface area contributed by atoms with Gasteiger partial charge >= 0.3 is 6.18 Å². The normalized spacial score (nSPS) is 15.9. The zero-order valence-electron chi connectivity index (χ0n) is 19.9. The van der Waals surface area contributed by atoms with Crippen LogP contribution in [0, 0.1) is 0 Å². The fraction of sp³-hybridized carbons (Fsp3) is 0.259. The Hall–Kier alpha value is -4.05. The summed E-state index contributed by atoms with van der Waals surface area (Å²) >= 11 is 0. The summed E-state index contributed by atoms with van der Waals surface area (Å²) in [6.07, 6.45) is -1.56. The minimum atomic E-state index is -4.49. The number of hydrogen-bond acceptors (Lipinski definition) is 5. The quantitative estimate of drug-likeness (QED) is 0.411. The lowest BCUT2D eigenvalue weighted by atomic mass is 10.1. The van der Waals surface area contributed by atoms with E-state index in [2.05, 4.69) is 10.6 Å². The summed E-state index contributed by atoms with van der Waals surface area (Å²) < 4.78 is 55.6. The summed E-state index contributed by atoms with van der Waals surface area (Å²) in [6, 6.07) is 14.1. The number of benzene rings is 2. The van der Waals surface area contributed by atoms with E-state index in [9.17, 15) is 22.8 Å². The third-order valence-corrected chi connectivity index (χ3v) is 5.75. The van der Waals surface area contributed by atoms with Crippen molar-refractivity contribution in [2.45, 2.75) is 25.1 Å². The van der Waals surface area contributed by atoms with Crippen LogP contribution in [-0.4, -0.2) is 38.2 Å². The topological polar surface area (TPSA) is 89.8 Å². The van der Waals surface area contributed by atoms with Crippen LogP contribution in [0.5, 0.6) is 5.75 Å². The van der Waals surface area contributed by atoms with Crippen molar-refractivity contribution in [3.05, 3.63) is 83.2 Å². The number of alkyl halides is 3. The van der Waals surface area contributed by atoms with Gasteiger partial charge in [-0.3, -0.25) is 9.59 Å². The van der Waals surface area contributed by atoms with Crippen molar-refractivity contribution in [3.63, 3.8) is 0 Å². The molecule has 0 bridgehead atoms. The molecule has 1 unspecified atom stereocenters. The van der Waals surface area contributed by atoms with Gasteiger partial charge < -0.3 is 24.5 Å². The van der Waals surface area contributed by atoms with Crippen LogP contribution >= 0.6 is 0 Å². The second kappa shape index (κ2) is 11.3. The van der Waals surface area contributed by atoms with Crippen molar-refractivity contribution in [2.24, 2.45) is 0 Å². The van der Waals surface area contributed by atoms with Crippen LogP contribution in [0.1, 0.15) is 34.5 Å². The first kappa shape index (κ1) is 26.0. The SMILES string of the molecule is COc1ccc(C(=O)NC(=Cc2ccc(-c3cccc(C(F)(F)F)c3)o2)C(=O)NCC2CCCO2)cc1. The van der Waals surface area contributed by atoms with Crippen molar-refractivity contribution < 1.29 is 36.7 Å². The molecule has 1 aliphatic rings. The highest BCUT2D eigenvalue weighted by Gasteiger charge is 2.30. The molecule has 0 saturated carbocycles. The smallest absolute Gasteiger partial charge is 0.416 e. The van der Waals surface area contributed by atoms with Gasteiger partial charge in [0.25, 0.3) is 11.8 Å². The van der Waals surface area contributed by atoms with Crippen LogP contribution in [0.25, 0.3) is 17.4 Å². The lowest BCUT2D eigenvalue weighted by molar-refractivity contribution is -0.137. The Morgan fingerprint density at radius 3 is 2.57 bits per heavy atom. The number of carbonyl (C=O) groups excluding carboxylic acids is 2. The van der Waals surface area contributed by atoms with Gasteiger partial charge in [-0.1, -0.05) is 12.1 Å². The van der Waals surface area contributed by atoms with Gasteiger partial charge in [0.15, 0.2) is 0 Å². The Labute approximate surface area is 211 Å². The highest BCUT2D eigenvalue weighted by atomic mass is 19.4. The Kier molecular flexibility index (Phi) is 7.98. The van der Waals surface area contributed by atoms with E-state index < -0.39 is 23.6 Å². The molecule has 1 atom stereocenters. The summed E-state index contributed by atoms with van der Waals surface area (Å²) in [4.78, 5) is 25.8. The third kappa shape index (κ3) is 6.79. The van der Waals surface area contributed by atoms with E-state index >= 15 is 0 Å². The summed E-state index contributed by atoms with van der Waals surface area (Å²) in [5, 5.41) is 5.34. The predicted molar refractivity (Wildman–Crippen MR) is 130 cm³/mol. The average Bonchev–Trinajstić information content (AvgIpc) is 3.59. The van der Waals surface area contributed by atoms with E-state index in [-0.39, 0.29) is 35.4 Å². The number of amides is 2. The fourth-order valence-corrected chi connectivity index (χ4v) is 3.78.